The van der Waals surface area contributed by atoms with E-state index in [2.05, 4.69) is 34.6 Å². The highest BCUT2D eigenvalue weighted by atomic mass is 31.2. The molecular weight excluding hydrogens is 1340 g/mol. The molecule has 0 aromatic carbocycles. The van der Waals surface area contributed by atoms with Crippen molar-refractivity contribution in [1.29, 1.82) is 0 Å². The number of hydrogen-bond donors (Lipinski definition) is 3. The number of unbranched alkanes of at least 4 members (excludes halogenated alkanes) is 55. The Labute approximate surface area is 632 Å². The van der Waals surface area contributed by atoms with E-state index in [0.717, 1.165) is 95.8 Å². The van der Waals surface area contributed by atoms with Gasteiger partial charge in [0.1, 0.15) is 19.3 Å². The summed E-state index contributed by atoms with van der Waals surface area (Å²) in [5, 5.41) is 10.7. The van der Waals surface area contributed by atoms with E-state index in [0.29, 0.717) is 25.7 Å². The summed E-state index contributed by atoms with van der Waals surface area (Å²) in [5.74, 6) is -1.23. The molecule has 17 nitrogen and oxygen atoms in total. The van der Waals surface area contributed by atoms with Crippen molar-refractivity contribution < 1.29 is 80.2 Å². The first-order valence-corrected chi connectivity index (χ1v) is 46.7. The first-order chi connectivity index (χ1) is 50.1. The maximum atomic E-state index is 13.1. The van der Waals surface area contributed by atoms with Crippen LogP contribution in [0.4, 0.5) is 0 Å². The first-order valence-electron chi connectivity index (χ1n) is 43.7. The fourth-order valence-electron chi connectivity index (χ4n) is 13.1. The van der Waals surface area contributed by atoms with Gasteiger partial charge in [-0.15, -0.1) is 0 Å². The number of aliphatic hydroxyl groups excluding tert-OH is 1. The molecule has 0 fully saturated rings. The van der Waals surface area contributed by atoms with Crippen molar-refractivity contribution >= 4 is 39.5 Å². The molecule has 612 valence electrons. The van der Waals surface area contributed by atoms with Crippen molar-refractivity contribution in [2.75, 3.05) is 39.6 Å². The largest absolute Gasteiger partial charge is 0.472 e. The van der Waals surface area contributed by atoms with E-state index in [4.69, 9.17) is 37.0 Å². The van der Waals surface area contributed by atoms with Crippen molar-refractivity contribution in [3.63, 3.8) is 0 Å². The minimum Gasteiger partial charge on any atom is -0.462 e. The molecule has 3 N–H and O–H groups in total. The zero-order valence-electron chi connectivity index (χ0n) is 67.5. The van der Waals surface area contributed by atoms with Gasteiger partial charge in [0, 0.05) is 25.7 Å². The molecule has 19 heteroatoms. The molecule has 0 aliphatic carbocycles. The van der Waals surface area contributed by atoms with Gasteiger partial charge in [0.15, 0.2) is 12.2 Å². The van der Waals surface area contributed by atoms with Gasteiger partial charge in [-0.05, 0) is 31.6 Å². The number of carbonyl (C=O) groups excluding carboxylic acids is 4. The average Bonchev–Trinajstić information content (AvgIpc) is 0.986. The third-order valence-corrected chi connectivity index (χ3v) is 22.0. The van der Waals surface area contributed by atoms with Crippen molar-refractivity contribution in [1.82, 2.24) is 0 Å². The Hall–Kier alpha value is -1.94. The van der Waals surface area contributed by atoms with E-state index < -0.39 is 97.5 Å². The molecule has 0 amide bonds. The zero-order valence-corrected chi connectivity index (χ0v) is 69.3. The molecule has 0 bridgehead atoms. The quantitative estimate of drug-likeness (QED) is 0.0222. The van der Waals surface area contributed by atoms with Gasteiger partial charge in [0.05, 0.1) is 26.4 Å². The third kappa shape index (κ3) is 76.6. The lowest BCUT2D eigenvalue weighted by Gasteiger charge is -2.21. The van der Waals surface area contributed by atoms with E-state index in [1.54, 1.807) is 0 Å². The van der Waals surface area contributed by atoms with Crippen LogP contribution in [-0.2, 0) is 65.4 Å². The Morgan fingerprint density at radius 1 is 0.272 bits per heavy atom. The van der Waals surface area contributed by atoms with E-state index in [9.17, 15) is 43.2 Å². The number of rotatable bonds is 84. The smallest absolute Gasteiger partial charge is 0.462 e. The standard InChI is InChI=1S/C84H164O17P2/c1-6-10-13-16-19-22-25-28-33-39-43-48-53-58-63-68-82(87)95-74-80(101-84(89)70-65-60-55-50-45-40-35-32-30-29-31-34-38-41-46-51-56-61-66-77(5)9-4)76-99-103(92,93)97-72-78(85)71-96-102(90,91)98-75-79(100-83(88)69-64-59-54-49-44-37-27-24-21-18-15-12-8-3)73-94-81(86)67-62-57-52-47-42-36-26-23-20-17-14-11-7-2/h77-80,85H,6-76H2,1-5H3,(H,90,91)(H,92,93)/t77?,78-,79+,80+/m0/s1. The van der Waals surface area contributed by atoms with Crippen LogP contribution < -0.4 is 0 Å². The van der Waals surface area contributed by atoms with Gasteiger partial charge in [-0.1, -0.05) is 401 Å². The SMILES string of the molecule is CCCCCCCCCCCCCCCCCC(=O)OC[C@H](COP(=O)(O)OC[C@@H](O)COP(=O)(O)OC[C@@H](COC(=O)CCCCCCCCCCCCCCC)OC(=O)CCCCCCCCCCCCCCC)OC(=O)CCCCCCCCCCCCCCCCCCCCC(C)CC. The molecule has 0 saturated heterocycles. The van der Waals surface area contributed by atoms with E-state index in [1.165, 1.54) is 276 Å². The highest BCUT2D eigenvalue weighted by Gasteiger charge is 2.30. The molecule has 0 aromatic heterocycles. The summed E-state index contributed by atoms with van der Waals surface area (Å²) < 4.78 is 68.8. The predicted molar refractivity (Wildman–Crippen MR) is 423 cm³/mol. The number of carbonyl (C=O) groups is 4. The van der Waals surface area contributed by atoms with E-state index >= 15 is 0 Å². The molecule has 3 unspecified atom stereocenters. The normalized spacial score (nSPS) is 14.1. The summed E-state index contributed by atoms with van der Waals surface area (Å²) in [4.78, 5) is 73.1. The monoisotopic (exact) mass is 1510 g/mol. The summed E-state index contributed by atoms with van der Waals surface area (Å²) in [6.07, 6.45) is 69.2. The van der Waals surface area contributed by atoms with Crippen LogP contribution in [0.3, 0.4) is 0 Å². The van der Waals surface area contributed by atoms with Crippen LogP contribution in [0.5, 0.6) is 0 Å². The highest BCUT2D eigenvalue weighted by molar-refractivity contribution is 7.47. The van der Waals surface area contributed by atoms with Gasteiger partial charge in [0.25, 0.3) is 0 Å². The molecule has 0 radical (unpaired) electrons. The molecule has 0 rings (SSSR count). The second kappa shape index (κ2) is 76.8. The van der Waals surface area contributed by atoms with Crippen LogP contribution in [0.15, 0.2) is 0 Å². The van der Waals surface area contributed by atoms with Crippen LogP contribution in [0.1, 0.15) is 452 Å². The lowest BCUT2D eigenvalue weighted by molar-refractivity contribution is -0.161. The fraction of sp³-hybridized carbons (Fsp3) is 0.952. The minimum absolute atomic E-state index is 0.109. The van der Waals surface area contributed by atoms with Crippen molar-refractivity contribution in [2.45, 2.75) is 470 Å². The Morgan fingerprint density at radius 3 is 0.689 bits per heavy atom. The molecule has 0 heterocycles. The number of esters is 4. The van der Waals surface area contributed by atoms with E-state index in [-0.39, 0.29) is 25.7 Å². The number of hydrogen-bond acceptors (Lipinski definition) is 15. The van der Waals surface area contributed by atoms with Crippen LogP contribution in [0.2, 0.25) is 0 Å². The topological polar surface area (TPSA) is 237 Å². The van der Waals surface area contributed by atoms with Crippen LogP contribution >= 0.6 is 15.6 Å². The second-order valence-corrected chi connectivity index (χ2v) is 33.4. The minimum atomic E-state index is -4.96. The molecule has 0 saturated carbocycles. The Morgan fingerprint density at radius 2 is 0.466 bits per heavy atom. The molecule has 6 atom stereocenters. The lowest BCUT2D eigenvalue weighted by atomic mass is 9.99. The van der Waals surface area contributed by atoms with Gasteiger partial charge in [0.2, 0.25) is 0 Å². The van der Waals surface area contributed by atoms with Gasteiger partial charge in [-0.25, -0.2) is 9.13 Å². The van der Waals surface area contributed by atoms with Gasteiger partial charge < -0.3 is 33.8 Å². The summed E-state index contributed by atoms with van der Waals surface area (Å²) in [6.45, 7) is 7.43. The first kappa shape index (κ1) is 101. The zero-order chi connectivity index (χ0) is 75.5. The second-order valence-electron chi connectivity index (χ2n) is 30.5. The van der Waals surface area contributed by atoms with Crippen LogP contribution in [-0.4, -0.2) is 96.7 Å². The Bertz CT molecular complexity index is 1960. The molecule has 0 spiro atoms. The average molecular weight is 1510 g/mol. The Kier molecular flexibility index (Phi) is 75.4. The summed E-state index contributed by atoms with van der Waals surface area (Å²) in [7, 11) is -9.92. The number of ether oxygens (including phenoxy) is 4. The molecule has 0 aromatic rings. The van der Waals surface area contributed by atoms with Crippen molar-refractivity contribution in [3.8, 4) is 0 Å². The third-order valence-electron chi connectivity index (χ3n) is 20.1. The lowest BCUT2D eigenvalue weighted by Crippen LogP contribution is -2.30. The maximum absolute atomic E-state index is 13.1. The number of phosphoric acid groups is 2. The highest BCUT2D eigenvalue weighted by Crippen LogP contribution is 2.45. The summed E-state index contributed by atoms with van der Waals surface area (Å²) >= 11 is 0. The van der Waals surface area contributed by atoms with Gasteiger partial charge >= 0.3 is 39.5 Å². The molecular formula is C84H164O17P2. The summed E-state index contributed by atoms with van der Waals surface area (Å²) in [6, 6.07) is 0. The van der Waals surface area contributed by atoms with Crippen LogP contribution in [0, 0.1) is 5.92 Å². The number of phosphoric ester groups is 2. The molecule has 0 aliphatic heterocycles. The summed E-state index contributed by atoms with van der Waals surface area (Å²) in [5.41, 5.74) is 0. The fourth-order valence-corrected chi connectivity index (χ4v) is 14.7. The van der Waals surface area contributed by atoms with E-state index in [1.807, 2.05) is 0 Å². The van der Waals surface area contributed by atoms with Crippen molar-refractivity contribution in [3.05, 3.63) is 0 Å². The predicted octanol–water partition coefficient (Wildman–Crippen LogP) is 25.6. The number of aliphatic hydroxyl groups is 1. The molecule has 0 aliphatic rings. The van der Waals surface area contributed by atoms with Gasteiger partial charge in [-0.2, -0.15) is 0 Å². The van der Waals surface area contributed by atoms with Crippen molar-refractivity contribution in [2.24, 2.45) is 5.92 Å². The molecule has 103 heavy (non-hydrogen) atoms. The van der Waals surface area contributed by atoms with Gasteiger partial charge in [-0.3, -0.25) is 37.3 Å². The van der Waals surface area contributed by atoms with Crippen LogP contribution in [0.25, 0.3) is 0 Å². The Balaban J connectivity index is 5.23. The maximum Gasteiger partial charge on any atom is 0.472 e.